The van der Waals surface area contributed by atoms with Crippen LogP contribution in [0.4, 0.5) is 10.5 Å². The van der Waals surface area contributed by atoms with Crippen LogP contribution in [0.2, 0.25) is 0 Å². The summed E-state index contributed by atoms with van der Waals surface area (Å²) in [6.07, 6.45) is 0. The molecule has 1 saturated heterocycles. The van der Waals surface area contributed by atoms with E-state index in [-0.39, 0.29) is 0 Å². The molecule has 11 heteroatoms. The van der Waals surface area contributed by atoms with E-state index in [2.05, 4.69) is 4.99 Å². The van der Waals surface area contributed by atoms with Gasteiger partial charge in [-0.05, 0) is 0 Å². The summed E-state index contributed by atoms with van der Waals surface area (Å²) < 4.78 is 1.40. The maximum atomic E-state index is 12.0. The van der Waals surface area contributed by atoms with Gasteiger partial charge in [-0.3, -0.25) is 33.3 Å². The molecule has 11 nitrogen and oxygen atoms in total. The third-order valence-corrected chi connectivity index (χ3v) is 3.42. The number of hydrogen-bond donors (Lipinski definition) is 1. The van der Waals surface area contributed by atoms with Crippen LogP contribution in [0.15, 0.2) is 14.6 Å². The number of aromatic nitrogens is 2. The molecule has 0 saturated carbocycles. The summed E-state index contributed by atoms with van der Waals surface area (Å²) >= 11 is 0. The molecule has 1 N–H and O–H groups in total. The Kier molecular flexibility index (Phi) is 3.64. The number of hydrogen-bond acceptors (Lipinski definition) is 7. The molecule has 0 aromatic carbocycles. The second-order valence-electron chi connectivity index (χ2n) is 4.85. The summed E-state index contributed by atoms with van der Waals surface area (Å²) in [7, 11) is 4.62. The minimum absolute atomic E-state index is 0.643. The molecule has 0 bridgehead atoms. The Hall–Kier alpha value is -3.24. The van der Waals surface area contributed by atoms with E-state index in [0.717, 1.165) is 25.7 Å². The van der Waals surface area contributed by atoms with Gasteiger partial charge >= 0.3 is 11.7 Å². The number of carbonyl (C=O) groups is 3. The molecular weight excluding hydrogens is 310 g/mol. The Bertz CT molecular complexity index is 866. The number of nitrogens with zero attached hydrogens (tertiary/aromatic N) is 5. The average Bonchev–Trinajstić information content (AvgIpc) is 2.54. The molecule has 4 amide bonds. The minimum Gasteiger partial charge on any atom is -0.493 e. The van der Waals surface area contributed by atoms with Gasteiger partial charge in [-0.15, -0.1) is 0 Å². The van der Waals surface area contributed by atoms with Gasteiger partial charge in [0.05, 0.1) is 0 Å². The van der Waals surface area contributed by atoms with Crippen molar-refractivity contribution in [3.8, 4) is 5.88 Å². The third-order valence-electron chi connectivity index (χ3n) is 3.42. The Morgan fingerprint density at radius 2 is 1.30 bits per heavy atom. The highest BCUT2D eigenvalue weighted by molar-refractivity contribution is 6.68. The second kappa shape index (κ2) is 5.19. The number of aromatic hydroxyl groups is 1. The van der Waals surface area contributed by atoms with E-state index in [1.54, 1.807) is 0 Å². The van der Waals surface area contributed by atoms with E-state index in [9.17, 15) is 29.1 Å². The Labute approximate surface area is 128 Å². The molecule has 23 heavy (non-hydrogen) atoms. The molecule has 0 aliphatic carbocycles. The van der Waals surface area contributed by atoms with Crippen molar-refractivity contribution in [2.24, 2.45) is 19.1 Å². The Morgan fingerprint density at radius 1 is 0.826 bits per heavy atom. The molecular formula is C12H13N5O6. The summed E-state index contributed by atoms with van der Waals surface area (Å²) in [6.45, 7) is 0. The second-order valence-corrected chi connectivity index (χ2v) is 4.85. The molecule has 1 aromatic rings. The van der Waals surface area contributed by atoms with Gasteiger partial charge in [0.2, 0.25) is 5.88 Å². The normalized spacial score (nSPS) is 15.5. The summed E-state index contributed by atoms with van der Waals surface area (Å²) in [5, 5.41) is 9.90. The fraction of sp³-hybridized carbons (Fsp3) is 0.333. The smallest absolute Gasteiger partial charge is 0.333 e. The highest BCUT2D eigenvalue weighted by Gasteiger charge is 2.40. The molecule has 0 atom stereocenters. The van der Waals surface area contributed by atoms with E-state index in [0.29, 0.717) is 14.4 Å². The number of barbiturate groups is 1. The predicted molar refractivity (Wildman–Crippen MR) is 76.6 cm³/mol. The first-order valence-corrected chi connectivity index (χ1v) is 6.27. The van der Waals surface area contributed by atoms with Gasteiger partial charge in [0.1, 0.15) is 0 Å². The van der Waals surface area contributed by atoms with Gasteiger partial charge in [0.15, 0.2) is 11.4 Å². The van der Waals surface area contributed by atoms with Crippen LogP contribution < -0.4 is 11.2 Å². The average molecular weight is 323 g/mol. The van der Waals surface area contributed by atoms with Gasteiger partial charge < -0.3 is 5.11 Å². The SMILES string of the molecule is CN1C(=O)C(=Nc2c(O)n(C)c(=O)n(C)c2=O)C(=O)N(C)C1=O. The van der Waals surface area contributed by atoms with Crippen LogP contribution in [-0.4, -0.2) is 61.7 Å². The van der Waals surface area contributed by atoms with Gasteiger partial charge in [-0.1, -0.05) is 0 Å². The van der Waals surface area contributed by atoms with Crippen molar-refractivity contribution in [3.63, 3.8) is 0 Å². The standard InChI is InChI=1S/C12H13N5O6/c1-14-7(18)5(8(19)15(2)11(14)22)13-6-9(20)16(3)12(23)17(4)10(6)21/h18H,1-4H3. The van der Waals surface area contributed by atoms with Gasteiger partial charge in [-0.2, -0.15) is 0 Å². The van der Waals surface area contributed by atoms with E-state index in [1.807, 2.05) is 0 Å². The number of amides is 4. The maximum Gasteiger partial charge on any atom is 0.333 e. The molecule has 2 heterocycles. The van der Waals surface area contributed by atoms with Crippen molar-refractivity contribution in [1.29, 1.82) is 0 Å². The van der Waals surface area contributed by atoms with Crippen LogP contribution in [0, 0.1) is 0 Å². The lowest BCUT2D eigenvalue weighted by Gasteiger charge is -2.27. The summed E-state index contributed by atoms with van der Waals surface area (Å²) in [5.74, 6) is -2.84. The fourth-order valence-corrected chi connectivity index (χ4v) is 1.93. The number of rotatable bonds is 1. The molecule has 2 rings (SSSR count). The van der Waals surface area contributed by atoms with Crippen molar-refractivity contribution in [2.75, 3.05) is 14.1 Å². The van der Waals surface area contributed by atoms with Crippen LogP contribution in [0.3, 0.4) is 0 Å². The van der Waals surface area contributed by atoms with Crippen LogP contribution >= 0.6 is 0 Å². The summed E-state index contributed by atoms with van der Waals surface area (Å²) in [4.78, 5) is 64.3. The van der Waals surface area contributed by atoms with Gasteiger partial charge in [-0.25, -0.2) is 14.6 Å². The van der Waals surface area contributed by atoms with Crippen molar-refractivity contribution in [2.45, 2.75) is 0 Å². The highest BCUT2D eigenvalue weighted by Crippen LogP contribution is 2.20. The molecule has 0 unspecified atom stereocenters. The van der Waals surface area contributed by atoms with E-state index in [1.165, 1.54) is 7.05 Å². The van der Waals surface area contributed by atoms with Crippen molar-refractivity contribution >= 4 is 29.2 Å². The zero-order chi connectivity index (χ0) is 17.6. The van der Waals surface area contributed by atoms with Crippen molar-refractivity contribution < 1.29 is 19.5 Å². The maximum absolute atomic E-state index is 12.0. The number of carbonyl (C=O) groups excluding carboxylic acids is 3. The number of aliphatic imine (C=N–C) groups is 1. The first kappa shape index (κ1) is 16.1. The lowest BCUT2D eigenvalue weighted by Crippen LogP contribution is -2.57. The largest absolute Gasteiger partial charge is 0.493 e. The summed E-state index contributed by atoms with van der Waals surface area (Å²) in [6, 6.07) is -0.850. The Balaban J connectivity index is 2.75. The van der Waals surface area contributed by atoms with Gasteiger partial charge in [0, 0.05) is 28.2 Å². The first-order valence-electron chi connectivity index (χ1n) is 6.27. The quantitative estimate of drug-likeness (QED) is 0.630. The first-order chi connectivity index (χ1) is 10.6. The number of urea groups is 1. The molecule has 122 valence electrons. The van der Waals surface area contributed by atoms with E-state index < -0.39 is 46.4 Å². The molecule has 0 radical (unpaired) electrons. The molecule has 1 aromatic heterocycles. The zero-order valence-electron chi connectivity index (χ0n) is 12.7. The predicted octanol–water partition coefficient (Wildman–Crippen LogP) is -2.09. The lowest BCUT2D eigenvalue weighted by atomic mass is 10.2. The summed E-state index contributed by atoms with van der Waals surface area (Å²) in [5.41, 5.74) is -3.16. The lowest BCUT2D eigenvalue weighted by molar-refractivity contribution is -0.129. The third kappa shape index (κ3) is 2.22. The number of imide groups is 2. The minimum atomic E-state index is -1.02. The molecule has 1 fully saturated rings. The van der Waals surface area contributed by atoms with E-state index >= 15 is 0 Å². The van der Waals surface area contributed by atoms with E-state index in [4.69, 9.17) is 0 Å². The van der Waals surface area contributed by atoms with Crippen LogP contribution in [0.5, 0.6) is 5.88 Å². The van der Waals surface area contributed by atoms with Gasteiger partial charge in [0.25, 0.3) is 17.4 Å². The van der Waals surface area contributed by atoms with Crippen LogP contribution in [0.25, 0.3) is 0 Å². The van der Waals surface area contributed by atoms with Crippen LogP contribution in [-0.2, 0) is 23.7 Å². The topological polar surface area (TPSA) is 134 Å². The van der Waals surface area contributed by atoms with Crippen molar-refractivity contribution in [1.82, 2.24) is 18.9 Å². The monoisotopic (exact) mass is 323 g/mol. The fourth-order valence-electron chi connectivity index (χ4n) is 1.93. The highest BCUT2D eigenvalue weighted by atomic mass is 16.3. The molecule has 1 aliphatic heterocycles. The molecule has 1 aliphatic rings. The zero-order valence-corrected chi connectivity index (χ0v) is 12.7. The van der Waals surface area contributed by atoms with Crippen LogP contribution in [0.1, 0.15) is 0 Å². The molecule has 0 spiro atoms. The Morgan fingerprint density at radius 3 is 1.78 bits per heavy atom. The van der Waals surface area contributed by atoms with Crippen molar-refractivity contribution in [3.05, 3.63) is 20.8 Å².